The molecule has 0 saturated heterocycles. The van der Waals surface area contributed by atoms with Crippen LogP contribution >= 0.6 is 0 Å². The molecular formula is C9H17NO2. The first-order valence-electron chi connectivity index (χ1n) is 4.09. The third-order valence-electron chi connectivity index (χ3n) is 1.80. The largest absolute Gasteiger partial charge is 0.468 e. The summed E-state index contributed by atoms with van der Waals surface area (Å²) >= 11 is 0. The molecule has 0 aromatic carbocycles. The van der Waals surface area contributed by atoms with Gasteiger partial charge >= 0.3 is 5.97 Å². The molecule has 0 aliphatic rings. The fraction of sp³-hybridized carbons (Fsp3) is 0.667. The van der Waals surface area contributed by atoms with Crippen LogP contribution in [0, 0.1) is 0 Å². The number of hydrogen-bond acceptors (Lipinski definition) is 3. The summed E-state index contributed by atoms with van der Waals surface area (Å²) in [6.45, 7) is 5.54. The van der Waals surface area contributed by atoms with E-state index in [0.717, 1.165) is 6.42 Å². The van der Waals surface area contributed by atoms with Gasteiger partial charge in [-0.3, -0.25) is 4.79 Å². The second-order valence-electron chi connectivity index (χ2n) is 2.89. The fourth-order valence-corrected chi connectivity index (χ4v) is 1.19. The summed E-state index contributed by atoms with van der Waals surface area (Å²) in [5.41, 5.74) is 4.96. The van der Waals surface area contributed by atoms with E-state index in [0.29, 0.717) is 12.8 Å². The van der Waals surface area contributed by atoms with Crippen LogP contribution in [-0.4, -0.2) is 18.6 Å². The number of nitrogens with two attached hydrogens (primary N) is 1. The van der Waals surface area contributed by atoms with Gasteiger partial charge in [0.25, 0.3) is 0 Å². The zero-order chi connectivity index (χ0) is 9.61. The molecule has 0 aromatic rings. The van der Waals surface area contributed by atoms with Crippen molar-refractivity contribution in [1.29, 1.82) is 0 Å². The van der Waals surface area contributed by atoms with Crippen molar-refractivity contribution in [3.05, 3.63) is 12.7 Å². The van der Waals surface area contributed by atoms with Crippen LogP contribution in [0.15, 0.2) is 12.7 Å². The summed E-state index contributed by atoms with van der Waals surface area (Å²) in [5, 5.41) is 0. The van der Waals surface area contributed by atoms with Gasteiger partial charge in [0, 0.05) is 0 Å². The average Bonchev–Trinajstić information content (AvgIpc) is 2.04. The van der Waals surface area contributed by atoms with E-state index in [9.17, 15) is 4.79 Å². The molecule has 0 aliphatic carbocycles. The Balaban J connectivity index is 4.36. The molecular weight excluding hydrogens is 154 g/mol. The molecule has 0 rings (SSSR count). The highest BCUT2D eigenvalue weighted by Gasteiger charge is 2.32. The first-order valence-corrected chi connectivity index (χ1v) is 4.09. The lowest BCUT2D eigenvalue weighted by atomic mass is 9.91. The van der Waals surface area contributed by atoms with Gasteiger partial charge in [-0.1, -0.05) is 19.4 Å². The van der Waals surface area contributed by atoms with Crippen molar-refractivity contribution in [3.8, 4) is 0 Å². The van der Waals surface area contributed by atoms with Crippen molar-refractivity contribution in [3.63, 3.8) is 0 Å². The van der Waals surface area contributed by atoms with Crippen molar-refractivity contribution in [1.82, 2.24) is 0 Å². The van der Waals surface area contributed by atoms with Crippen molar-refractivity contribution in [2.45, 2.75) is 31.7 Å². The molecule has 3 heteroatoms. The minimum atomic E-state index is -0.870. The van der Waals surface area contributed by atoms with Crippen LogP contribution in [0.2, 0.25) is 0 Å². The molecule has 1 unspecified atom stereocenters. The number of hydrogen-bond donors (Lipinski definition) is 1. The summed E-state index contributed by atoms with van der Waals surface area (Å²) in [4.78, 5) is 11.2. The van der Waals surface area contributed by atoms with Crippen LogP contribution in [0.25, 0.3) is 0 Å². The van der Waals surface area contributed by atoms with Gasteiger partial charge in [-0.05, 0) is 12.8 Å². The second-order valence-corrected chi connectivity index (χ2v) is 2.89. The van der Waals surface area contributed by atoms with E-state index >= 15 is 0 Å². The van der Waals surface area contributed by atoms with Crippen LogP contribution in [-0.2, 0) is 9.53 Å². The van der Waals surface area contributed by atoms with Gasteiger partial charge in [-0.2, -0.15) is 0 Å². The molecule has 0 aromatic heterocycles. The standard InChI is InChI=1S/C9H17NO2/c1-4-6-9(10,7-5-2)8(11)12-3/h4H,1,5-7,10H2,2-3H3. The smallest absolute Gasteiger partial charge is 0.326 e. The molecule has 2 N–H and O–H groups in total. The van der Waals surface area contributed by atoms with Crippen LogP contribution < -0.4 is 5.73 Å². The molecule has 0 fully saturated rings. The predicted octanol–water partition coefficient (Wildman–Crippen LogP) is 1.23. The van der Waals surface area contributed by atoms with E-state index in [1.807, 2.05) is 6.92 Å². The predicted molar refractivity (Wildman–Crippen MR) is 48.7 cm³/mol. The maximum atomic E-state index is 11.2. The van der Waals surface area contributed by atoms with E-state index in [1.54, 1.807) is 6.08 Å². The molecule has 1 atom stereocenters. The minimum absolute atomic E-state index is 0.357. The van der Waals surface area contributed by atoms with Crippen molar-refractivity contribution < 1.29 is 9.53 Å². The number of rotatable bonds is 5. The summed E-state index contributed by atoms with van der Waals surface area (Å²) in [6.07, 6.45) is 3.60. The van der Waals surface area contributed by atoms with Crippen LogP contribution in [0.5, 0.6) is 0 Å². The van der Waals surface area contributed by atoms with E-state index in [1.165, 1.54) is 7.11 Å². The maximum Gasteiger partial charge on any atom is 0.326 e. The Labute approximate surface area is 73.6 Å². The molecule has 12 heavy (non-hydrogen) atoms. The molecule has 0 amide bonds. The first kappa shape index (κ1) is 11.2. The van der Waals surface area contributed by atoms with Crippen LogP contribution in [0.1, 0.15) is 26.2 Å². The lowest BCUT2D eigenvalue weighted by Gasteiger charge is -2.24. The summed E-state index contributed by atoms with van der Waals surface area (Å²) in [7, 11) is 1.35. The molecule has 0 heterocycles. The molecule has 0 spiro atoms. The summed E-state index contributed by atoms with van der Waals surface area (Å²) < 4.78 is 4.61. The first-order chi connectivity index (χ1) is 5.60. The SMILES string of the molecule is C=CCC(N)(CCC)C(=O)OC. The molecule has 70 valence electrons. The van der Waals surface area contributed by atoms with Crippen molar-refractivity contribution >= 4 is 5.97 Å². The summed E-state index contributed by atoms with van der Waals surface area (Å²) in [6, 6.07) is 0. The molecule has 3 nitrogen and oxygen atoms in total. The normalized spacial score (nSPS) is 14.9. The Morgan fingerprint density at radius 1 is 1.75 bits per heavy atom. The third kappa shape index (κ3) is 2.66. The number of methoxy groups -OCH3 is 1. The number of esters is 1. The molecule has 0 bridgehead atoms. The fourth-order valence-electron chi connectivity index (χ4n) is 1.19. The Hall–Kier alpha value is -0.830. The van der Waals surface area contributed by atoms with Crippen molar-refractivity contribution in [2.75, 3.05) is 7.11 Å². The van der Waals surface area contributed by atoms with Crippen LogP contribution in [0.3, 0.4) is 0 Å². The van der Waals surface area contributed by atoms with Gasteiger partial charge in [-0.15, -0.1) is 6.58 Å². The second kappa shape index (κ2) is 4.93. The van der Waals surface area contributed by atoms with E-state index in [-0.39, 0.29) is 5.97 Å². The van der Waals surface area contributed by atoms with E-state index < -0.39 is 5.54 Å². The van der Waals surface area contributed by atoms with Gasteiger partial charge in [0.05, 0.1) is 7.11 Å². The zero-order valence-electron chi connectivity index (χ0n) is 7.80. The Kier molecular flexibility index (Phi) is 4.59. The van der Waals surface area contributed by atoms with Gasteiger partial charge in [0.2, 0.25) is 0 Å². The highest BCUT2D eigenvalue weighted by atomic mass is 16.5. The minimum Gasteiger partial charge on any atom is -0.468 e. The highest BCUT2D eigenvalue weighted by molar-refractivity contribution is 5.80. The highest BCUT2D eigenvalue weighted by Crippen LogP contribution is 2.16. The quantitative estimate of drug-likeness (QED) is 0.500. The van der Waals surface area contributed by atoms with Gasteiger partial charge < -0.3 is 10.5 Å². The third-order valence-corrected chi connectivity index (χ3v) is 1.80. The maximum absolute atomic E-state index is 11.2. The summed E-state index contributed by atoms with van der Waals surface area (Å²) in [5.74, 6) is -0.357. The Morgan fingerprint density at radius 2 is 2.33 bits per heavy atom. The zero-order valence-corrected chi connectivity index (χ0v) is 7.80. The Bertz CT molecular complexity index is 168. The monoisotopic (exact) mass is 171 g/mol. The lowest BCUT2D eigenvalue weighted by molar-refractivity contribution is -0.147. The van der Waals surface area contributed by atoms with Crippen molar-refractivity contribution in [2.24, 2.45) is 5.73 Å². The topological polar surface area (TPSA) is 52.3 Å². The Morgan fingerprint density at radius 3 is 2.67 bits per heavy atom. The molecule has 0 radical (unpaired) electrons. The van der Waals surface area contributed by atoms with Gasteiger partial charge in [-0.25, -0.2) is 0 Å². The molecule has 0 saturated carbocycles. The number of ether oxygens (including phenoxy) is 1. The van der Waals surface area contributed by atoms with E-state index in [4.69, 9.17) is 5.73 Å². The average molecular weight is 171 g/mol. The number of carbonyl (C=O) groups is 1. The lowest BCUT2D eigenvalue weighted by Crippen LogP contribution is -2.48. The molecule has 0 aliphatic heterocycles. The van der Waals surface area contributed by atoms with E-state index in [2.05, 4.69) is 11.3 Å². The van der Waals surface area contributed by atoms with Gasteiger partial charge in [0.15, 0.2) is 0 Å². The van der Waals surface area contributed by atoms with Crippen LogP contribution in [0.4, 0.5) is 0 Å². The number of carbonyl (C=O) groups excluding carboxylic acids is 1. The van der Waals surface area contributed by atoms with Gasteiger partial charge in [0.1, 0.15) is 5.54 Å².